The van der Waals surface area contributed by atoms with E-state index in [1.807, 2.05) is 0 Å². The van der Waals surface area contributed by atoms with E-state index in [1.165, 1.54) is 0 Å². The average molecular weight is 259 g/mol. The summed E-state index contributed by atoms with van der Waals surface area (Å²) in [6.45, 7) is 4.83. The summed E-state index contributed by atoms with van der Waals surface area (Å²) < 4.78 is 0. The highest BCUT2D eigenvalue weighted by atomic mass is 16.2. The molecule has 0 saturated heterocycles. The fourth-order valence-electron chi connectivity index (χ4n) is 1.76. The van der Waals surface area contributed by atoms with Crippen molar-refractivity contribution in [2.24, 2.45) is 5.92 Å². The molecule has 1 aromatic rings. The number of hydrogen-bond acceptors (Lipinski definition) is 2. The maximum Gasteiger partial charge on any atom is 0.251 e. The minimum Gasteiger partial charge on any atom is -0.384 e. The summed E-state index contributed by atoms with van der Waals surface area (Å²) in [6.07, 6.45) is 2.15. The molecule has 0 atom stereocenters. The Morgan fingerprint density at radius 2 is 1.89 bits per heavy atom. The summed E-state index contributed by atoms with van der Waals surface area (Å²) in [5.41, 5.74) is 1.44. The number of nitrogens with one attached hydrogen (secondary N) is 1. The van der Waals surface area contributed by atoms with Gasteiger partial charge < -0.3 is 10.4 Å². The molecule has 1 rings (SSSR count). The van der Waals surface area contributed by atoms with Crippen molar-refractivity contribution in [1.29, 1.82) is 0 Å². The van der Waals surface area contributed by atoms with Crippen LogP contribution in [0.1, 0.15) is 42.6 Å². The van der Waals surface area contributed by atoms with Crippen LogP contribution in [0.5, 0.6) is 0 Å². The number of carbonyl (C=O) groups is 1. The average Bonchev–Trinajstić information content (AvgIpc) is 2.46. The molecular weight excluding hydrogens is 238 g/mol. The molecule has 0 aliphatic heterocycles. The lowest BCUT2D eigenvalue weighted by atomic mass is 10.0. The van der Waals surface area contributed by atoms with E-state index in [0.717, 1.165) is 24.9 Å². The summed E-state index contributed by atoms with van der Waals surface area (Å²) in [6, 6.07) is 7.08. The van der Waals surface area contributed by atoms with E-state index in [-0.39, 0.29) is 12.5 Å². The Balaban J connectivity index is 2.58. The van der Waals surface area contributed by atoms with Crippen molar-refractivity contribution in [3.8, 4) is 11.8 Å². The van der Waals surface area contributed by atoms with Gasteiger partial charge >= 0.3 is 0 Å². The van der Waals surface area contributed by atoms with Crippen LogP contribution in [0, 0.1) is 17.8 Å². The van der Waals surface area contributed by atoms with Gasteiger partial charge in [0.15, 0.2) is 0 Å². The number of carbonyl (C=O) groups excluding carboxylic acids is 1. The zero-order valence-electron chi connectivity index (χ0n) is 11.6. The van der Waals surface area contributed by atoms with Crippen molar-refractivity contribution in [3.63, 3.8) is 0 Å². The van der Waals surface area contributed by atoms with Crippen LogP contribution in [0.3, 0.4) is 0 Å². The van der Waals surface area contributed by atoms with Crippen molar-refractivity contribution >= 4 is 5.91 Å². The van der Waals surface area contributed by atoms with E-state index >= 15 is 0 Å². The normalized spacial score (nSPS) is 9.89. The summed E-state index contributed by atoms with van der Waals surface area (Å²) in [5.74, 6) is 5.86. The fraction of sp³-hybridized carbons (Fsp3) is 0.438. The number of aliphatic hydroxyl groups is 1. The lowest BCUT2D eigenvalue weighted by molar-refractivity contribution is 0.0946. The van der Waals surface area contributed by atoms with Gasteiger partial charge in [0.05, 0.1) is 0 Å². The molecule has 2 N–H and O–H groups in total. The molecule has 0 spiro atoms. The molecule has 19 heavy (non-hydrogen) atoms. The van der Waals surface area contributed by atoms with Crippen molar-refractivity contribution in [2.45, 2.75) is 26.7 Å². The molecule has 0 radical (unpaired) electrons. The Morgan fingerprint density at radius 3 is 2.42 bits per heavy atom. The van der Waals surface area contributed by atoms with Crippen LogP contribution in [-0.2, 0) is 0 Å². The second-order valence-electron chi connectivity index (χ2n) is 4.43. The molecule has 1 aromatic carbocycles. The SMILES string of the molecule is CCC(CC)CNC(=O)c1ccc(C#CCO)cc1. The molecular formula is C16H21NO2. The van der Waals surface area contributed by atoms with Crippen LogP contribution < -0.4 is 5.32 Å². The van der Waals surface area contributed by atoms with Crippen molar-refractivity contribution in [3.05, 3.63) is 35.4 Å². The molecule has 3 heteroatoms. The minimum atomic E-state index is -0.155. The van der Waals surface area contributed by atoms with Gasteiger partial charge in [-0.05, 0) is 30.2 Å². The molecule has 0 saturated carbocycles. The van der Waals surface area contributed by atoms with Gasteiger partial charge in [-0.3, -0.25) is 4.79 Å². The van der Waals surface area contributed by atoms with Crippen molar-refractivity contribution < 1.29 is 9.90 Å². The maximum atomic E-state index is 11.9. The first-order chi connectivity index (χ1) is 9.21. The molecule has 0 unspecified atom stereocenters. The fourth-order valence-corrected chi connectivity index (χ4v) is 1.76. The second-order valence-corrected chi connectivity index (χ2v) is 4.43. The molecule has 0 heterocycles. The zero-order chi connectivity index (χ0) is 14.1. The minimum absolute atomic E-state index is 0.0476. The number of hydrogen-bond donors (Lipinski definition) is 2. The highest BCUT2D eigenvalue weighted by molar-refractivity contribution is 5.94. The van der Waals surface area contributed by atoms with E-state index in [4.69, 9.17) is 5.11 Å². The number of benzene rings is 1. The predicted molar refractivity (Wildman–Crippen MR) is 76.8 cm³/mol. The van der Waals surface area contributed by atoms with Crippen LogP contribution >= 0.6 is 0 Å². The van der Waals surface area contributed by atoms with Gasteiger partial charge in [0.1, 0.15) is 6.61 Å². The van der Waals surface area contributed by atoms with Crippen LogP contribution in [0.2, 0.25) is 0 Å². The quantitative estimate of drug-likeness (QED) is 0.796. The number of aliphatic hydroxyl groups excluding tert-OH is 1. The Hall–Kier alpha value is -1.79. The molecule has 0 aliphatic carbocycles. The van der Waals surface area contributed by atoms with Crippen LogP contribution in [0.25, 0.3) is 0 Å². The summed E-state index contributed by atoms with van der Waals surface area (Å²) in [7, 11) is 0. The third-order valence-electron chi connectivity index (χ3n) is 3.16. The van der Waals surface area contributed by atoms with Crippen LogP contribution in [0.15, 0.2) is 24.3 Å². The van der Waals surface area contributed by atoms with Crippen LogP contribution in [0.4, 0.5) is 0 Å². The third-order valence-corrected chi connectivity index (χ3v) is 3.16. The van der Waals surface area contributed by atoms with Gasteiger partial charge in [0.25, 0.3) is 5.91 Å². The molecule has 102 valence electrons. The van der Waals surface area contributed by atoms with Crippen molar-refractivity contribution in [2.75, 3.05) is 13.2 Å². The lowest BCUT2D eigenvalue weighted by Crippen LogP contribution is -2.28. The van der Waals surface area contributed by atoms with E-state index in [9.17, 15) is 4.79 Å². The van der Waals surface area contributed by atoms with Gasteiger partial charge in [-0.15, -0.1) is 0 Å². The Morgan fingerprint density at radius 1 is 1.26 bits per heavy atom. The molecule has 3 nitrogen and oxygen atoms in total. The first-order valence-corrected chi connectivity index (χ1v) is 6.69. The predicted octanol–water partition coefficient (Wildman–Crippen LogP) is 2.20. The van der Waals surface area contributed by atoms with Gasteiger partial charge in [0.2, 0.25) is 0 Å². The monoisotopic (exact) mass is 259 g/mol. The molecule has 0 aliphatic rings. The topological polar surface area (TPSA) is 49.3 Å². The number of amides is 1. The van der Waals surface area contributed by atoms with Gasteiger partial charge in [0, 0.05) is 17.7 Å². The largest absolute Gasteiger partial charge is 0.384 e. The van der Waals surface area contributed by atoms with Crippen molar-refractivity contribution in [1.82, 2.24) is 5.32 Å². The summed E-state index contributed by atoms with van der Waals surface area (Å²) in [4.78, 5) is 11.9. The third kappa shape index (κ3) is 5.15. The van der Waals surface area contributed by atoms with Gasteiger partial charge in [-0.25, -0.2) is 0 Å². The number of rotatable bonds is 5. The van der Waals surface area contributed by atoms with Crippen LogP contribution in [-0.4, -0.2) is 24.2 Å². The van der Waals surface area contributed by atoms with Gasteiger partial charge in [-0.2, -0.15) is 0 Å². The summed E-state index contributed by atoms with van der Waals surface area (Å²) >= 11 is 0. The highest BCUT2D eigenvalue weighted by Gasteiger charge is 2.08. The Labute approximate surface area is 115 Å². The first-order valence-electron chi connectivity index (χ1n) is 6.69. The first kappa shape index (κ1) is 15.3. The zero-order valence-corrected chi connectivity index (χ0v) is 11.6. The highest BCUT2D eigenvalue weighted by Crippen LogP contribution is 2.07. The second kappa shape index (κ2) is 8.34. The van der Waals surface area contributed by atoms with E-state index in [0.29, 0.717) is 11.5 Å². The van der Waals surface area contributed by atoms with E-state index in [1.54, 1.807) is 24.3 Å². The molecule has 1 amide bonds. The smallest absolute Gasteiger partial charge is 0.251 e. The Bertz CT molecular complexity index is 450. The van der Waals surface area contributed by atoms with Gasteiger partial charge in [-0.1, -0.05) is 38.5 Å². The maximum absolute atomic E-state index is 11.9. The van der Waals surface area contributed by atoms with E-state index < -0.39 is 0 Å². The van der Waals surface area contributed by atoms with E-state index in [2.05, 4.69) is 31.0 Å². The molecule has 0 fully saturated rings. The molecule has 0 aromatic heterocycles. The summed E-state index contributed by atoms with van der Waals surface area (Å²) in [5, 5.41) is 11.5. The standard InChI is InChI=1S/C16H21NO2/c1-3-13(4-2)12-17-16(19)15-9-7-14(8-10-15)6-5-11-18/h7-10,13,18H,3-4,11-12H2,1-2H3,(H,17,19). The Kier molecular flexibility index (Phi) is 6.70. The molecule has 0 bridgehead atoms. The lowest BCUT2D eigenvalue weighted by Gasteiger charge is -2.13.